The van der Waals surface area contributed by atoms with Gasteiger partial charge in [0.15, 0.2) is 11.6 Å². The molecular formula is C14H19N3O. The first kappa shape index (κ1) is 12.6. The van der Waals surface area contributed by atoms with E-state index in [-0.39, 0.29) is 5.41 Å². The molecule has 0 atom stereocenters. The van der Waals surface area contributed by atoms with Gasteiger partial charge >= 0.3 is 0 Å². The van der Waals surface area contributed by atoms with Crippen molar-refractivity contribution in [1.29, 1.82) is 0 Å². The molecule has 4 nitrogen and oxygen atoms in total. The quantitative estimate of drug-likeness (QED) is 0.882. The maximum absolute atomic E-state index is 5.84. The van der Waals surface area contributed by atoms with Crippen LogP contribution in [0, 0.1) is 0 Å². The van der Waals surface area contributed by atoms with E-state index in [0.29, 0.717) is 17.4 Å². The fourth-order valence-corrected chi connectivity index (χ4v) is 1.65. The third-order valence-electron chi connectivity index (χ3n) is 2.74. The molecule has 0 aliphatic heterocycles. The molecule has 2 heterocycles. The lowest BCUT2D eigenvalue weighted by molar-refractivity contribution is 0.522. The molecule has 0 aliphatic rings. The van der Waals surface area contributed by atoms with Crippen LogP contribution in [0.2, 0.25) is 0 Å². The smallest absolute Gasteiger partial charge is 0.197 e. The van der Waals surface area contributed by atoms with Crippen molar-refractivity contribution >= 4 is 5.82 Å². The molecule has 0 aliphatic carbocycles. The van der Waals surface area contributed by atoms with Gasteiger partial charge in [-0.3, -0.25) is 0 Å². The highest BCUT2D eigenvalue weighted by Crippen LogP contribution is 2.25. The number of hydrogen-bond acceptors (Lipinski definition) is 4. The lowest BCUT2D eigenvalue weighted by Crippen LogP contribution is -2.15. The molecule has 0 saturated carbocycles. The van der Waals surface area contributed by atoms with Gasteiger partial charge in [0, 0.05) is 17.9 Å². The molecule has 2 N–H and O–H groups in total. The molecule has 0 bridgehead atoms. The lowest BCUT2D eigenvalue weighted by Gasteiger charge is -2.18. The van der Waals surface area contributed by atoms with E-state index < -0.39 is 0 Å². The third-order valence-corrected chi connectivity index (χ3v) is 2.74. The van der Waals surface area contributed by atoms with Gasteiger partial charge in [0.25, 0.3) is 0 Å². The summed E-state index contributed by atoms with van der Waals surface area (Å²) in [6.45, 7) is 8.33. The molecule has 18 heavy (non-hydrogen) atoms. The van der Waals surface area contributed by atoms with Gasteiger partial charge in [0.1, 0.15) is 11.6 Å². The van der Waals surface area contributed by atoms with Crippen molar-refractivity contribution < 1.29 is 4.42 Å². The molecule has 0 fully saturated rings. The lowest BCUT2D eigenvalue weighted by atomic mass is 9.92. The van der Waals surface area contributed by atoms with Crippen LogP contribution < -0.4 is 5.73 Å². The average Bonchev–Trinajstić information content (AvgIpc) is 2.75. The summed E-state index contributed by atoms with van der Waals surface area (Å²) in [5, 5.41) is 0. The van der Waals surface area contributed by atoms with Gasteiger partial charge in [-0.2, -0.15) is 0 Å². The molecule has 0 aromatic carbocycles. The second-order valence-corrected chi connectivity index (χ2v) is 5.37. The highest BCUT2D eigenvalue weighted by atomic mass is 16.3. The average molecular weight is 245 g/mol. The Balaban J connectivity index is 2.48. The molecular weight excluding hydrogens is 226 g/mol. The summed E-state index contributed by atoms with van der Waals surface area (Å²) in [4.78, 5) is 8.78. The summed E-state index contributed by atoms with van der Waals surface area (Å²) in [7, 11) is 0. The van der Waals surface area contributed by atoms with Gasteiger partial charge in [-0.25, -0.2) is 9.97 Å². The Morgan fingerprint density at radius 3 is 2.50 bits per heavy atom. The van der Waals surface area contributed by atoms with Crippen LogP contribution in [0.4, 0.5) is 5.82 Å². The largest absolute Gasteiger partial charge is 0.458 e. The number of nitrogens with zero attached hydrogens (tertiary/aromatic N) is 2. The van der Waals surface area contributed by atoms with Crippen molar-refractivity contribution in [3.05, 3.63) is 29.7 Å². The van der Waals surface area contributed by atoms with Crippen LogP contribution >= 0.6 is 0 Å². The first-order chi connectivity index (χ1) is 8.40. The second-order valence-electron chi connectivity index (χ2n) is 5.37. The van der Waals surface area contributed by atoms with Crippen molar-refractivity contribution in [2.75, 3.05) is 5.73 Å². The molecule has 0 unspecified atom stereocenters. The second kappa shape index (κ2) is 4.44. The molecule has 0 amide bonds. The molecule has 0 radical (unpaired) electrons. The molecule has 0 spiro atoms. The molecule has 0 saturated heterocycles. The van der Waals surface area contributed by atoms with Crippen LogP contribution in [0.15, 0.2) is 22.6 Å². The Bertz CT molecular complexity index is 552. The van der Waals surface area contributed by atoms with E-state index in [1.165, 1.54) is 0 Å². The Morgan fingerprint density at radius 2 is 1.94 bits per heavy atom. The Labute approximate surface area is 107 Å². The van der Waals surface area contributed by atoms with Crippen molar-refractivity contribution in [3.8, 4) is 11.6 Å². The van der Waals surface area contributed by atoms with Gasteiger partial charge in [-0.05, 0) is 12.1 Å². The van der Waals surface area contributed by atoms with E-state index in [0.717, 1.165) is 17.9 Å². The Kier molecular flexibility index (Phi) is 3.11. The van der Waals surface area contributed by atoms with Crippen LogP contribution in [0.1, 0.15) is 39.1 Å². The van der Waals surface area contributed by atoms with Crippen LogP contribution in [-0.4, -0.2) is 9.97 Å². The maximum Gasteiger partial charge on any atom is 0.197 e. The Morgan fingerprint density at radius 1 is 1.22 bits per heavy atom. The van der Waals surface area contributed by atoms with E-state index in [4.69, 9.17) is 10.2 Å². The zero-order valence-corrected chi connectivity index (χ0v) is 11.3. The minimum atomic E-state index is -0.0635. The van der Waals surface area contributed by atoms with Crippen LogP contribution in [0.5, 0.6) is 0 Å². The molecule has 2 aromatic heterocycles. The molecule has 2 rings (SSSR count). The van der Waals surface area contributed by atoms with E-state index in [1.54, 1.807) is 0 Å². The molecule has 96 valence electrons. The fourth-order valence-electron chi connectivity index (χ4n) is 1.65. The monoisotopic (exact) mass is 245 g/mol. The summed E-state index contributed by atoms with van der Waals surface area (Å²) < 4.78 is 5.66. The number of anilines is 1. The summed E-state index contributed by atoms with van der Waals surface area (Å²) in [5.41, 5.74) is 6.69. The van der Waals surface area contributed by atoms with Gasteiger partial charge in [-0.15, -0.1) is 0 Å². The number of hydrogen-bond donors (Lipinski definition) is 1. The third kappa shape index (κ3) is 2.53. The van der Waals surface area contributed by atoms with Crippen molar-refractivity contribution in [2.45, 2.75) is 39.5 Å². The summed E-state index contributed by atoms with van der Waals surface area (Å²) in [5.74, 6) is 2.62. The SMILES string of the molecule is CCc1ccc(-c2nc(N)cc(C(C)(C)C)n2)o1. The number of rotatable bonds is 2. The first-order valence-corrected chi connectivity index (χ1v) is 6.14. The number of aryl methyl sites for hydroxylation is 1. The maximum atomic E-state index is 5.84. The minimum absolute atomic E-state index is 0.0635. The van der Waals surface area contributed by atoms with Crippen LogP contribution in [-0.2, 0) is 11.8 Å². The predicted molar refractivity (Wildman–Crippen MR) is 72.2 cm³/mol. The van der Waals surface area contributed by atoms with Crippen LogP contribution in [0.25, 0.3) is 11.6 Å². The van der Waals surface area contributed by atoms with Gasteiger partial charge in [0.05, 0.1) is 5.69 Å². The van der Waals surface area contributed by atoms with E-state index >= 15 is 0 Å². The molecule has 2 aromatic rings. The zero-order valence-electron chi connectivity index (χ0n) is 11.3. The summed E-state index contributed by atoms with van der Waals surface area (Å²) in [6.07, 6.45) is 0.856. The van der Waals surface area contributed by atoms with E-state index in [1.807, 2.05) is 25.1 Å². The summed E-state index contributed by atoms with van der Waals surface area (Å²) in [6, 6.07) is 5.64. The van der Waals surface area contributed by atoms with Gasteiger partial charge in [0.2, 0.25) is 0 Å². The normalized spacial score (nSPS) is 11.8. The minimum Gasteiger partial charge on any atom is -0.458 e. The number of nitrogens with two attached hydrogens (primary N) is 1. The first-order valence-electron chi connectivity index (χ1n) is 6.14. The number of furan rings is 1. The van der Waals surface area contributed by atoms with E-state index in [2.05, 4.69) is 30.7 Å². The van der Waals surface area contributed by atoms with Crippen LogP contribution in [0.3, 0.4) is 0 Å². The van der Waals surface area contributed by atoms with Gasteiger partial charge < -0.3 is 10.2 Å². The van der Waals surface area contributed by atoms with Crippen molar-refractivity contribution in [1.82, 2.24) is 9.97 Å². The van der Waals surface area contributed by atoms with Crippen molar-refractivity contribution in [2.24, 2.45) is 0 Å². The van der Waals surface area contributed by atoms with Crippen molar-refractivity contribution in [3.63, 3.8) is 0 Å². The topological polar surface area (TPSA) is 64.9 Å². The van der Waals surface area contributed by atoms with E-state index in [9.17, 15) is 0 Å². The zero-order chi connectivity index (χ0) is 13.3. The fraction of sp³-hybridized carbons (Fsp3) is 0.429. The number of nitrogen functional groups attached to an aromatic ring is 1. The van der Waals surface area contributed by atoms with Gasteiger partial charge in [-0.1, -0.05) is 27.7 Å². The Hall–Kier alpha value is -1.84. The standard InChI is InChI=1S/C14H19N3O/c1-5-9-6-7-10(18-9)13-16-11(14(2,3)4)8-12(15)17-13/h6-8H,5H2,1-4H3,(H2,15,16,17). The summed E-state index contributed by atoms with van der Waals surface area (Å²) >= 11 is 0. The molecule has 4 heteroatoms. The predicted octanol–water partition coefficient (Wildman–Crippen LogP) is 3.18. The highest BCUT2D eigenvalue weighted by Gasteiger charge is 2.18. The number of aromatic nitrogens is 2. The highest BCUT2D eigenvalue weighted by molar-refractivity contribution is 5.51.